The summed E-state index contributed by atoms with van der Waals surface area (Å²) in [6.07, 6.45) is -1.76. The van der Waals surface area contributed by atoms with Gasteiger partial charge in [0.2, 0.25) is 0 Å². The van der Waals surface area contributed by atoms with E-state index in [0.717, 1.165) is 0 Å². The van der Waals surface area contributed by atoms with Gasteiger partial charge in [0.15, 0.2) is 6.10 Å². The van der Waals surface area contributed by atoms with Crippen molar-refractivity contribution in [1.82, 2.24) is 5.32 Å². The number of esters is 1. The Labute approximate surface area is 164 Å². The molecule has 0 aliphatic carbocycles. The van der Waals surface area contributed by atoms with Gasteiger partial charge in [0.25, 0.3) is 5.91 Å². The van der Waals surface area contributed by atoms with Crippen LogP contribution in [0.4, 0.5) is 10.5 Å². The molecule has 9 heteroatoms. The fourth-order valence-electron chi connectivity index (χ4n) is 2.04. The Morgan fingerprint density at radius 2 is 1.79 bits per heavy atom. The number of carbonyl (C=O) groups is 3. The number of alkyl carbamates (subject to hydrolysis) is 1. The van der Waals surface area contributed by atoms with Gasteiger partial charge in [-0.05, 0) is 39.8 Å². The largest absolute Gasteiger partial charge is 0.497 e. The van der Waals surface area contributed by atoms with Gasteiger partial charge in [-0.15, -0.1) is 0 Å². The second-order valence-corrected chi connectivity index (χ2v) is 6.87. The second kappa shape index (κ2) is 10.4. The second-order valence-electron chi connectivity index (χ2n) is 6.87. The van der Waals surface area contributed by atoms with Crippen LogP contribution in [0.3, 0.4) is 0 Å². The smallest absolute Gasteiger partial charge is 0.407 e. The van der Waals surface area contributed by atoms with Gasteiger partial charge in [-0.1, -0.05) is 0 Å². The van der Waals surface area contributed by atoms with Gasteiger partial charge in [0.1, 0.15) is 17.1 Å². The summed E-state index contributed by atoms with van der Waals surface area (Å²) in [5.74, 6) is -0.181. The molecule has 28 heavy (non-hydrogen) atoms. The highest BCUT2D eigenvalue weighted by molar-refractivity contribution is 5.96. The Morgan fingerprint density at radius 3 is 2.36 bits per heavy atom. The van der Waals surface area contributed by atoms with Crippen LogP contribution in [0, 0.1) is 0 Å². The third-order valence-electron chi connectivity index (χ3n) is 3.34. The number of carbonyl (C=O) groups excluding carboxylic acids is 3. The van der Waals surface area contributed by atoms with Crippen LogP contribution in [0.2, 0.25) is 0 Å². The van der Waals surface area contributed by atoms with Gasteiger partial charge < -0.3 is 29.6 Å². The van der Waals surface area contributed by atoms with Crippen molar-refractivity contribution in [3.8, 4) is 11.5 Å². The molecule has 1 aromatic carbocycles. The monoisotopic (exact) mass is 396 g/mol. The number of hydrogen-bond donors (Lipinski definition) is 2. The molecule has 0 aliphatic rings. The standard InChI is InChI=1S/C19H28N2O7/c1-12(27-16(22)9-10-20-18(24)28-19(2,3)4)17(23)21-14-11-13(25-5)7-8-15(14)26-6/h7-8,11-12H,9-10H2,1-6H3,(H,20,24)(H,21,23). The predicted octanol–water partition coefficient (Wildman–Crippen LogP) is 2.49. The fraction of sp³-hybridized carbons (Fsp3) is 0.526. The van der Waals surface area contributed by atoms with Gasteiger partial charge in [-0.25, -0.2) is 4.79 Å². The van der Waals surface area contributed by atoms with Gasteiger partial charge in [0, 0.05) is 12.6 Å². The molecular weight excluding hydrogens is 368 g/mol. The summed E-state index contributed by atoms with van der Waals surface area (Å²) in [7, 11) is 2.97. The number of rotatable bonds is 8. The first-order chi connectivity index (χ1) is 13.1. The van der Waals surface area contributed by atoms with E-state index >= 15 is 0 Å². The molecule has 0 bridgehead atoms. The normalized spacial score (nSPS) is 11.8. The highest BCUT2D eigenvalue weighted by Crippen LogP contribution is 2.29. The summed E-state index contributed by atoms with van der Waals surface area (Å²) < 4.78 is 20.4. The highest BCUT2D eigenvalue weighted by Gasteiger charge is 2.20. The Hall–Kier alpha value is -2.97. The zero-order chi connectivity index (χ0) is 21.3. The van der Waals surface area contributed by atoms with Crippen molar-refractivity contribution in [2.24, 2.45) is 0 Å². The molecule has 0 saturated heterocycles. The number of hydrogen-bond acceptors (Lipinski definition) is 7. The molecule has 1 aromatic rings. The molecule has 0 spiro atoms. The molecule has 0 aliphatic heterocycles. The molecule has 1 atom stereocenters. The van der Waals surface area contributed by atoms with E-state index < -0.39 is 29.7 Å². The van der Waals surface area contributed by atoms with E-state index in [0.29, 0.717) is 17.2 Å². The van der Waals surface area contributed by atoms with E-state index in [1.54, 1.807) is 39.0 Å². The van der Waals surface area contributed by atoms with Crippen molar-refractivity contribution in [3.05, 3.63) is 18.2 Å². The Morgan fingerprint density at radius 1 is 1.11 bits per heavy atom. The molecule has 1 unspecified atom stereocenters. The molecule has 1 rings (SSSR count). The quantitative estimate of drug-likeness (QED) is 0.649. The fourth-order valence-corrected chi connectivity index (χ4v) is 2.04. The molecule has 0 saturated carbocycles. The molecule has 9 nitrogen and oxygen atoms in total. The minimum atomic E-state index is -1.04. The molecule has 0 heterocycles. The summed E-state index contributed by atoms with van der Waals surface area (Å²) >= 11 is 0. The van der Waals surface area contributed by atoms with Crippen LogP contribution >= 0.6 is 0 Å². The minimum Gasteiger partial charge on any atom is -0.497 e. The summed E-state index contributed by atoms with van der Waals surface area (Å²) in [5, 5.41) is 5.08. The molecule has 0 fully saturated rings. The van der Waals surface area contributed by atoms with Gasteiger partial charge >= 0.3 is 12.1 Å². The number of nitrogens with one attached hydrogen (secondary N) is 2. The third kappa shape index (κ3) is 8.15. The van der Waals surface area contributed by atoms with Crippen LogP contribution in [0.5, 0.6) is 11.5 Å². The number of amides is 2. The van der Waals surface area contributed by atoms with Crippen molar-refractivity contribution in [1.29, 1.82) is 0 Å². The summed E-state index contributed by atoms with van der Waals surface area (Å²) in [4.78, 5) is 35.7. The van der Waals surface area contributed by atoms with E-state index in [2.05, 4.69) is 10.6 Å². The van der Waals surface area contributed by atoms with Gasteiger partial charge in [0.05, 0.1) is 26.3 Å². The lowest BCUT2D eigenvalue weighted by Crippen LogP contribution is -2.35. The SMILES string of the molecule is COc1ccc(OC)c(NC(=O)C(C)OC(=O)CCNC(=O)OC(C)(C)C)c1. The van der Waals surface area contributed by atoms with Crippen molar-refractivity contribution in [2.45, 2.75) is 45.8 Å². The maximum atomic E-state index is 12.3. The number of anilines is 1. The summed E-state index contributed by atoms with van der Waals surface area (Å²) in [5.41, 5.74) is -0.236. The lowest BCUT2D eigenvalue weighted by Gasteiger charge is -2.19. The van der Waals surface area contributed by atoms with Crippen LogP contribution in [-0.4, -0.2) is 50.4 Å². The van der Waals surface area contributed by atoms with Crippen LogP contribution in [0.1, 0.15) is 34.1 Å². The van der Waals surface area contributed by atoms with Crippen LogP contribution in [-0.2, 0) is 19.1 Å². The maximum absolute atomic E-state index is 12.3. The molecule has 156 valence electrons. The first kappa shape index (κ1) is 23.1. The van der Waals surface area contributed by atoms with Crippen LogP contribution < -0.4 is 20.1 Å². The predicted molar refractivity (Wildman–Crippen MR) is 103 cm³/mol. The van der Waals surface area contributed by atoms with E-state index in [4.69, 9.17) is 18.9 Å². The Bertz CT molecular complexity index is 698. The third-order valence-corrected chi connectivity index (χ3v) is 3.34. The molecule has 2 amide bonds. The molecular formula is C19H28N2O7. The number of ether oxygens (including phenoxy) is 4. The van der Waals surface area contributed by atoms with E-state index in [9.17, 15) is 14.4 Å². The maximum Gasteiger partial charge on any atom is 0.407 e. The van der Waals surface area contributed by atoms with Crippen molar-refractivity contribution in [2.75, 3.05) is 26.1 Å². The van der Waals surface area contributed by atoms with Crippen molar-refractivity contribution < 1.29 is 33.3 Å². The summed E-state index contributed by atoms with van der Waals surface area (Å²) in [6, 6.07) is 4.93. The Kier molecular flexibility index (Phi) is 8.56. The van der Waals surface area contributed by atoms with Gasteiger partial charge in [-0.2, -0.15) is 0 Å². The zero-order valence-corrected chi connectivity index (χ0v) is 17.1. The highest BCUT2D eigenvalue weighted by atomic mass is 16.6. The first-order valence-corrected chi connectivity index (χ1v) is 8.75. The lowest BCUT2D eigenvalue weighted by molar-refractivity contribution is -0.153. The van der Waals surface area contributed by atoms with Gasteiger partial charge in [-0.3, -0.25) is 9.59 Å². The molecule has 2 N–H and O–H groups in total. The van der Waals surface area contributed by atoms with Crippen LogP contribution in [0.15, 0.2) is 18.2 Å². The zero-order valence-electron chi connectivity index (χ0n) is 17.1. The average molecular weight is 396 g/mol. The minimum absolute atomic E-state index is 0.0335. The molecule has 0 aromatic heterocycles. The van der Waals surface area contributed by atoms with Crippen molar-refractivity contribution in [3.63, 3.8) is 0 Å². The Balaban J connectivity index is 2.50. The lowest BCUT2D eigenvalue weighted by atomic mass is 10.2. The summed E-state index contributed by atoms with van der Waals surface area (Å²) in [6.45, 7) is 6.68. The number of methoxy groups -OCH3 is 2. The molecule has 0 radical (unpaired) electrons. The topological polar surface area (TPSA) is 112 Å². The average Bonchev–Trinajstić information content (AvgIpc) is 2.59. The van der Waals surface area contributed by atoms with E-state index in [-0.39, 0.29) is 13.0 Å². The van der Waals surface area contributed by atoms with Crippen molar-refractivity contribution >= 4 is 23.7 Å². The number of benzene rings is 1. The van der Waals surface area contributed by atoms with Crippen LogP contribution in [0.25, 0.3) is 0 Å². The first-order valence-electron chi connectivity index (χ1n) is 8.75. The van der Waals surface area contributed by atoms with E-state index in [1.165, 1.54) is 21.1 Å². The van der Waals surface area contributed by atoms with E-state index in [1.807, 2.05) is 0 Å².